The highest BCUT2D eigenvalue weighted by Crippen LogP contribution is 2.56. The summed E-state index contributed by atoms with van der Waals surface area (Å²) in [5.41, 5.74) is 0.235. The number of hydrogen-bond acceptors (Lipinski definition) is 4. The van der Waals surface area contributed by atoms with Gasteiger partial charge >= 0.3 is 12.1 Å². The predicted molar refractivity (Wildman–Crippen MR) is 120 cm³/mol. The van der Waals surface area contributed by atoms with Crippen LogP contribution in [0.3, 0.4) is 0 Å². The summed E-state index contributed by atoms with van der Waals surface area (Å²) in [6.07, 6.45) is 3.72. The summed E-state index contributed by atoms with van der Waals surface area (Å²) >= 11 is 3.43. The van der Waals surface area contributed by atoms with Crippen LogP contribution in [0.1, 0.15) is 32.8 Å². The molecule has 2 aromatic carbocycles. The number of amides is 1. The average molecular weight is 472 g/mol. The Hall–Kier alpha value is -2.60. The number of anilines is 1. The number of benzene rings is 2. The van der Waals surface area contributed by atoms with Gasteiger partial charge in [0, 0.05) is 16.6 Å². The Balaban J connectivity index is 1.89. The fraction of sp³-hybridized carbons (Fsp3) is 0.333. The molecule has 0 aromatic heterocycles. The number of ether oxygens (including phenoxy) is 2. The second kappa shape index (κ2) is 8.64. The molecule has 1 aliphatic rings. The van der Waals surface area contributed by atoms with Crippen LogP contribution in [0.25, 0.3) is 0 Å². The molecule has 0 aliphatic heterocycles. The zero-order chi connectivity index (χ0) is 21.9. The molecule has 2 atom stereocenters. The normalized spacial score (nSPS) is 20.6. The largest absolute Gasteiger partial charge is 0.468 e. The van der Waals surface area contributed by atoms with E-state index in [1.165, 1.54) is 12.0 Å². The molecule has 0 radical (unpaired) electrons. The topological polar surface area (TPSA) is 55.8 Å². The molecule has 1 aliphatic carbocycles. The van der Waals surface area contributed by atoms with E-state index in [0.717, 1.165) is 10.0 Å². The highest BCUT2D eigenvalue weighted by molar-refractivity contribution is 9.10. The van der Waals surface area contributed by atoms with E-state index in [1.54, 1.807) is 6.20 Å². The lowest BCUT2D eigenvalue weighted by atomic mass is 9.93. The van der Waals surface area contributed by atoms with Gasteiger partial charge in [0.1, 0.15) is 5.60 Å². The van der Waals surface area contributed by atoms with Crippen molar-refractivity contribution in [1.82, 2.24) is 0 Å². The van der Waals surface area contributed by atoms with Crippen LogP contribution in [0, 0.1) is 5.92 Å². The molecular formula is C24H26BrNO4. The summed E-state index contributed by atoms with van der Waals surface area (Å²) < 4.78 is 11.6. The number of halogens is 1. The minimum Gasteiger partial charge on any atom is -0.468 e. The standard InChI is InChI=1S/C24H26BrNO4/c1-23(2,3)30-22(28)26(20-8-6-5-7-9-20)15-14-18-16-24(18,21(27)29-4)17-10-12-19(25)13-11-17/h5-15,18H,16H2,1-4H3/b15-14+/t18-,24+/m0/s1. The number of allylic oxidation sites excluding steroid dienone is 1. The Bertz CT molecular complexity index is 934. The maximum atomic E-state index is 12.8. The molecule has 5 nitrogen and oxygen atoms in total. The van der Waals surface area contributed by atoms with Crippen molar-refractivity contribution in [3.8, 4) is 0 Å². The quantitative estimate of drug-likeness (QED) is 0.514. The van der Waals surface area contributed by atoms with Gasteiger partial charge in [0.15, 0.2) is 0 Å². The van der Waals surface area contributed by atoms with Crippen molar-refractivity contribution >= 4 is 33.7 Å². The highest BCUT2D eigenvalue weighted by atomic mass is 79.9. The van der Waals surface area contributed by atoms with Gasteiger partial charge in [-0.1, -0.05) is 52.3 Å². The summed E-state index contributed by atoms with van der Waals surface area (Å²) in [6.45, 7) is 5.48. The molecule has 0 saturated heterocycles. The first-order chi connectivity index (χ1) is 14.2. The number of para-hydroxylation sites is 1. The summed E-state index contributed by atoms with van der Waals surface area (Å²) in [7, 11) is 1.40. The Labute approximate surface area is 185 Å². The van der Waals surface area contributed by atoms with Crippen molar-refractivity contribution in [2.75, 3.05) is 12.0 Å². The van der Waals surface area contributed by atoms with E-state index in [9.17, 15) is 9.59 Å². The van der Waals surface area contributed by atoms with Gasteiger partial charge in [-0.05, 0) is 57.0 Å². The third-order valence-electron chi connectivity index (χ3n) is 5.02. The van der Waals surface area contributed by atoms with E-state index in [1.807, 2.05) is 81.4 Å². The average Bonchev–Trinajstić information content (AvgIpc) is 3.43. The van der Waals surface area contributed by atoms with Gasteiger partial charge in [-0.15, -0.1) is 0 Å². The van der Waals surface area contributed by atoms with Gasteiger partial charge in [-0.25, -0.2) is 4.79 Å². The van der Waals surface area contributed by atoms with Gasteiger partial charge < -0.3 is 9.47 Å². The lowest BCUT2D eigenvalue weighted by Crippen LogP contribution is -2.33. The monoisotopic (exact) mass is 471 g/mol. The van der Waals surface area contributed by atoms with Gasteiger partial charge in [0.25, 0.3) is 0 Å². The SMILES string of the molecule is COC(=O)[C@@]1(c2ccc(Br)cc2)C[C@@H]1/C=C/N(C(=O)OC(C)(C)C)c1ccccc1. The van der Waals surface area contributed by atoms with E-state index >= 15 is 0 Å². The third kappa shape index (κ3) is 4.75. The van der Waals surface area contributed by atoms with Crippen LogP contribution in [0.4, 0.5) is 10.5 Å². The van der Waals surface area contributed by atoms with Gasteiger partial charge in [0.05, 0.1) is 18.2 Å². The van der Waals surface area contributed by atoms with Crippen LogP contribution in [0.15, 0.2) is 71.3 Å². The molecule has 2 aromatic rings. The van der Waals surface area contributed by atoms with E-state index in [4.69, 9.17) is 9.47 Å². The number of nitrogens with zero attached hydrogens (tertiary/aromatic N) is 1. The fourth-order valence-corrected chi connectivity index (χ4v) is 3.74. The van der Waals surface area contributed by atoms with Crippen LogP contribution in [0.2, 0.25) is 0 Å². The molecule has 1 fully saturated rings. The molecule has 158 valence electrons. The van der Waals surface area contributed by atoms with Gasteiger partial charge in [0.2, 0.25) is 0 Å². The number of carbonyl (C=O) groups is 2. The Morgan fingerprint density at radius 2 is 1.73 bits per heavy atom. The first-order valence-corrected chi connectivity index (χ1v) is 10.6. The fourth-order valence-electron chi connectivity index (χ4n) is 3.48. The zero-order valence-corrected chi connectivity index (χ0v) is 19.2. The van der Waals surface area contributed by atoms with Gasteiger partial charge in [-0.3, -0.25) is 9.69 Å². The molecular weight excluding hydrogens is 446 g/mol. The Morgan fingerprint density at radius 3 is 2.30 bits per heavy atom. The van der Waals surface area contributed by atoms with Crippen LogP contribution in [0.5, 0.6) is 0 Å². The Morgan fingerprint density at radius 1 is 1.10 bits per heavy atom. The Kier molecular flexibility index (Phi) is 6.36. The van der Waals surface area contributed by atoms with Crippen LogP contribution < -0.4 is 4.90 Å². The van der Waals surface area contributed by atoms with Crippen molar-refractivity contribution in [1.29, 1.82) is 0 Å². The molecule has 0 heterocycles. The molecule has 1 saturated carbocycles. The molecule has 0 spiro atoms. The van der Waals surface area contributed by atoms with Crippen LogP contribution in [-0.2, 0) is 19.7 Å². The van der Waals surface area contributed by atoms with E-state index in [2.05, 4.69) is 15.9 Å². The minimum absolute atomic E-state index is 0.0835. The second-order valence-electron chi connectivity index (χ2n) is 8.31. The lowest BCUT2D eigenvalue weighted by molar-refractivity contribution is -0.144. The van der Waals surface area contributed by atoms with Crippen molar-refractivity contribution in [2.24, 2.45) is 5.92 Å². The third-order valence-corrected chi connectivity index (χ3v) is 5.54. The zero-order valence-electron chi connectivity index (χ0n) is 17.6. The highest BCUT2D eigenvalue weighted by Gasteiger charge is 2.61. The number of esters is 1. The molecule has 6 heteroatoms. The second-order valence-corrected chi connectivity index (χ2v) is 9.22. The first kappa shape index (κ1) is 22.1. The van der Waals surface area contributed by atoms with Gasteiger partial charge in [-0.2, -0.15) is 0 Å². The van der Waals surface area contributed by atoms with E-state index < -0.39 is 17.1 Å². The number of methoxy groups -OCH3 is 1. The smallest absolute Gasteiger partial charge is 0.418 e. The first-order valence-electron chi connectivity index (χ1n) is 9.77. The van der Waals surface area contributed by atoms with Crippen molar-refractivity contribution in [2.45, 2.75) is 38.2 Å². The van der Waals surface area contributed by atoms with Crippen molar-refractivity contribution in [3.05, 3.63) is 76.9 Å². The molecule has 1 amide bonds. The summed E-state index contributed by atoms with van der Waals surface area (Å²) in [4.78, 5) is 26.9. The summed E-state index contributed by atoms with van der Waals surface area (Å²) in [6, 6.07) is 17.0. The molecule has 0 unspecified atom stereocenters. The van der Waals surface area contributed by atoms with E-state index in [-0.39, 0.29) is 11.9 Å². The molecule has 0 N–H and O–H groups in total. The molecule has 0 bridgehead atoms. The summed E-state index contributed by atoms with van der Waals surface area (Å²) in [5.74, 6) is -0.359. The lowest BCUT2D eigenvalue weighted by Gasteiger charge is -2.25. The van der Waals surface area contributed by atoms with E-state index in [0.29, 0.717) is 12.1 Å². The minimum atomic E-state index is -0.734. The number of carbonyl (C=O) groups excluding carboxylic acids is 2. The van der Waals surface area contributed by atoms with Crippen LogP contribution >= 0.6 is 15.9 Å². The maximum Gasteiger partial charge on any atom is 0.418 e. The van der Waals surface area contributed by atoms with Crippen molar-refractivity contribution < 1.29 is 19.1 Å². The maximum absolute atomic E-state index is 12.8. The molecule has 3 rings (SSSR count). The predicted octanol–water partition coefficient (Wildman–Crippen LogP) is 5.84. The molecule has 30 heavy (non-hydrogen) atoms. The van der Waals surface area contributed by atoms with Crippen LogP contribution in [-0.4, -0.2) is 24.8 Å². The number of hydrogen-bond donors (Lipinski definition) is 0. The van der Waals surface area contributed by atoms with Crippen molar-refractivity contribution in [3.63, 3.8) is 0 Å². The number of rotatable bonds is 5. The summed E-state index contributed by atoms with van der Waals surface area (Å²) in [5, 5.41) is 0.